The van der Waals surface area contributed by atoms with Crippen molar-refractivity contribution >= 4 is 68.4 Å². The van der Waals surface area contributed by atoms with Gasteiger partial charge >= 0.3 is 5.92 Å². The number of amides is 2. The first kappa shape index (κ1) is 41.5. The first-order valence-corrected chi connectivity index (χ1v) is 22.0. The molecular weight excluding hydrogens is 844 g/mol. The Hall–Kier alpha value is -5.49. The maximum atomic E-state index is 16.2. The average molecular weight is 891 g/mol. The van der Waals surface area contributed by atoms with E-state index in [0.29, 0.717) is 78.1 Å². The van der Waals surface area contributed by atoms with Gasteiger partial charge in [-0.1, -0.05) is 11.6 Å². The Kier molecular flexibility index (Phi) is 10.5. The van der Waals surface area contributed by atoms with E-state index in [0.717, 1.165) is 32.5 Å². The Morgan fingerprint density at radius 1 is 0.968 bits per heavy atom. The SMILES string of the molecule is Cn1nc(C2CCC(=O)NC2=O)c2cc(F)c(C3CCN(CC4CCN(c5ncc(Cl)c(Nc6ccc7c(c6)c6c(c(=O)n7C)OCC(F)(F)[C@H](C7CC7)N6)n5)CC4)CC3)c(F)c21. The van der Waals surface area contributed by atoms with Crippen LogP contribution in [0.3, 0.4) is 0 Å². The molecule has 0 radical (unpaired) electrons. The van der Waals surface area contributed by atoms with Crippen LogP contribution in [0.4, 0.5) is 40.7 Å². The first-order chi connectivity index (χ1) is 30.2. The van der Waals surface area contributed by atoms with Crippen LogP contribution < -0.4 is 31.1 Å². The second-order valence-electron chi connectivity index (χ2n) is 17.8. The van der Waals surface area contributed by atoms with E-state index in [1.807, 2.05) is 0 Å². The molecule has 332 valence electrons. The van der Waals surface area contributed by atoms with Crippen LogP contribution in [0.1, 0.15) is 74.5 Å². The summed E-state index contributed by atoms with van der Waals surface area (Å²) in [5, 5.41) is 14.1. The van der Waals surface area contributed by atoms with Crippen molar-refractivity contribution < 1.29 is 31.9 Å². The summed E-state index contributed by atoms with van der Waals surface area (Å²) < 4.78 is 70.6. The van der Waals surface area contributed by atoms with E-state index in [1.54, 1.807) is 38.5 Å². The minimum Gasteiger partial charge on any atom is -0.480 e. The van der Waals surface area contributed by atoms with Crippen molar-refractivity contribution in [1.82, 2.24) is 34.5 Å². The lowest BCUT2D eigenvalue weighted by atomic mass is 9.86. The van der Waals surface area contributed by atoms with E-state index in [1.165, 1.54) is 15.3 Å². The number of pyridine rings is 1. The molecule has 1 unspecified atom stereocenters. The number of halogens is 5. The molecule has 0 spiro atoms. The number of alkyl halides is 2. The van der Waals surface area contributed by atoms with Gasteiger partial charge in [0.05, 0.1) is 35.1 Å². The number of aryl methyl sites for hydroxylation is 2. The maximum Gasteiger partial charge on any atom is 0.301 e. The van der Waals surface area contributed by atoms with Crippen molar-refractivity contribution in [3.05, 3.63) is 68.7 Å². The molecular formula is C44H47ClF4N10O4. The highest BCUT2D eigenvalue weighted by Gasteiger charge is 2.51. The van der Waals surface area contributed by atoms with E-state index in [9.17, 15) is 14.4 Å². The van der Waals surface area contributed by atoms with E-state index in [2.05, 4.69) is 35.8 Å². The fraction of sp³-hybridized carbons (Fsp3) is 0.500. The van der Waals surface area contributed by atoms with E-state index < -0.39 is 47.6 Å². The fourth-order valence-corrected chi connectivity index (χ4v) is 10.2. The van der Waals surface area contributed by atoms with Gasteiger partial charge < -0.3 is 29.7 Å². The summed E-state index contributed by atoms with van der Waals surface area (Å²) in [6.45, 7) is 2.84. The van der Waals surface area contributed by atoms with Gasteiger partial charge in [-0.15, -0.1) is 0 Å². The van der Waals surface area contributed by atoms with E-state index in [4.69, 9.17) is 21.3 Å². The summed E-state index contributed by atoms with van der Waals surface area (Å²) in [6.07, 6.45) is 6.29. The molecule has 3 N–H and O–H groups in total. The molecule has 5 aliphatic rings. The number of aromatic nitrogens is 5. The Balaban J connectivity index is 0.777. The molecule has 63 heavy (non-hydrogen) atoms. The Bertz CT molecular complexity index is 2730. The smallest absolute Gasteiger partial charge is 0.301 e. The molecule has 1 saturated carbocycles. The monoisotopic (exact) mass is 890 g/mol. The number of piperidine rings is 3. The van der Waals surface area contributed by atoms with Crippen molar-refractivity contribution in [2.24, 2.45) is 25.9 Å². The number of nitrogens with zero attached hydrogens (tertiary/aromatic N) is 7. The van der Waals surface area contributed by atoms with Gasteiger partial charge in [0.25, 0.3) is 5.56 Å². The summed E-state index contributed by atoms with van der Waals surface area (Å²) in [6, 6.07) is 5.45. The minimum absolute atomic E-state index is 0.0629. The number of likely N-dealkylation sites (tertiary alicyclic amines) is 1. The number of hydrogen-bond acceptors (Lipinski definition) is 11. The molecule has 5 aromatic rings. The third kappa shape index (κ3) is 7.61. The highest BCUT2D eigenvalue weighted by molar-refractivity contribution is 6.33. The zero-order valence-electron chi connectivity index (χ0n) is 34.8. The molecule has 4 fully saturated rings. The van der Waals surface area contributed by atoms with Crippen LogP contribution in [-0.4, -0.2) is 92.3 Å². The quantitative estimate of drug-likeness (QED) is 0.113. The highest BCUT2D eigenvalue weighted by atomic mass is 35.5. The van der Waals surface area contributed by atoms with Crippen LogP contribution in [0.2, 0.25) is 5.02 Å². The fourth-order valence-electron chi connectivity index (χ4n) is 10.1. The largest absolute Gasteiger partial charge is 0.480 e. The summed E-state index contributed by atoms with van der Waals surface area (Å²) in [5.41, 5.74) is 1.40. The van der Waals surface area contributed by atoms with Gasteiger partial charge in [0.15, 0.2) is 18.2 Å². The molecule has 4 aliphatic heterocycles. The number of hydrogen-bond donors (Lipinski definition) is 3. The number of ether oxygens (including phenoxy) is 1. The van der Waals surface area contributed by atoms with Crippen LogP contribution in [-0.2, 0) is 23.7 Å². The summed E-state index contributed by atoms with van der Waals surface area (Å²) in [4.78, 5) is 51.3. The van der Waals surface area contributed by atoms with Crippen molar-refractivity contribution in [3.63, 3.8) is 0 Å². The van der Waals surface area contributed by atoms with Crippen LogP contribution >= 0.6 is 11.6 Å². The normalized spacial score (nSPS) is 22.4. The van der Waals surface area contributed by atoms with Crippen molar-refractivity contribution in [2.45, 2.75) is 75.2 Å². The second kappa shape index (κ2) is 15.9. The van der Waals surface area contributed by atoms with Gasteiger partial charge in [-0.3, -0.25) is 24.4 Å². The molecule has 3 saturated heterocycles. The van der Waals surface area contributed by atoms with Gasteiger partial charge in [-0.25, -0.2) is 22.5 Å². The molecule has 14 nitrogen and oxygen atoms in total. The number of rotatable bonds is 8. The number of imide groups is 1. The standard InChI is InChI=1S/C44H47ClF4N10O4/c1-56-31-7-5-25(17-27(31)36-38(42(56)62)63-21-44(48,49)39(53-36)24-3-4-24)51-40-29(45)19-50-43(54-40)59-15-9-22(10-16-59)20-58-13-11-23(12-14-58)33-30(46)18-28-35(55-57(2)37(28)34(33)47)26-6-8-32(60)52-41(26)61/h5,7,17-19,22-24,26,39,53H,3-4,6,8-16,20-21H2,1-2H3,(H,50,51,54)(H,52,60,61)/t26?,39-/m0/s1. The zero-order valence-corrected chi connectivity index (χ0v) is 35.6. The number of anilines is 4. The van der Waals surface area contributed by atoms with Crippen LogP contribution in [0, 0.1) is 23.5 Å². The number of nitrogens with one attached hydrogen (secondary N) is 3. The predicted molar refractivity (Wildman–Crippen MR) is 229 cm³/mol. The zero-order chi connectivity index (χ0) is 43.9. The van der Waals surface area contributed by atoms with Gasteiger partial charge in [0.2, 0.25) is 23.5 Å². The molecule has 3 aromatic heterocycles. The lowest BCUT2D eigenvalue weighted by Gasteiger charge is -2.38. The lowest BCUT2D eigenvalue weighted by molar-refractivity contribution is -0.134. The summed E-state index contributed by atoms with van der Waals surface area (Å²) >= 11 is 6.61. The maximum absolute atomic E-state index is 16.2. The molecule has 0 bridgehead atoms. The van der Waals surface area contributed by atoms with Gasteiger partial charge in [-0.2, -0.15) is 10.1 Å². The van der Waals surface area contributed by atoms with Gasteiger partial charge in [0, 0.05) is 62.2 Å². The Morgan fingerprint density at radius 3 is 2.46 bits per heavy atom. The number of carbonyl (C=O) groups excluding carboxylic acids is 2. The van der Waals surface area contributed by atoms with Gasteiger partial charge in [0.1, 0.15) is 16.4 Å². The highest BCUT2D eigenvalue weighted by Crippen LogP contribution is 2.46. The Labute approximate surface area is 364 Å². The molecule has 10 rings (SSSR count). The third-order valence-electron chi connectivity index (χ3n) is 13.7. The third-order valence-corrected chi connectivity index (χ3v) is 13.9. The predicted octanol–water partition coefficient (Wildman–Crippen LogP) is 6.72. The van der Waals surface area contributed by atoms with E-state index >= 15 is 17.6 Å². The molecule has 7 heterocycles. The molecule has 2 atom stereocenters. The van der Waals surface area contributed by atoms with Crippen LogP contribution in [0.15, 0.2) is 35.3 Å². The van der Waals surface area contributed by atoms with Gasteiger partial charge in [-0.05, 0) is 100 Å². The van der Waals surface area contributed by atoms with E-state index in [-0.39, 0.29) is 64.2 Å². The number of fused-ring (bicyclic) bond motifs is 4. The van der Waals surface area contributed by atoms with Crippen LogP contribution in [0.25, 0.3) is 21.8 Å². The summed E-state index contributed by atoms with van der Waals surface area (Å²) in [5.74, 6) is -5.40. The number of benzene rings is 2. The van der Waals surface area contributed by atoms with Crippen LogP contribution in [0.5, 0.6) is 5.75 Å². The molecule has 2 aromatic carbocycles. The first-order valence-electron chi connectivity index (χ1n) is 21.6. The number of carbonyl (C=O) groups is 2. The minimum atomic E-state index is -3.15. The van der Waals surface area contributed by atoms with Crippen molar-refractivity contribution in [2.75, 3.05) is 54.9 Å². The molecule has 19 heteroatoms. The molecule has 1 aliphatic carbocycles. The van der Waals surface area contributed by atoms with Crippen molar-refractivity contribution in [3.8, 4) is 5.75 Å². The second-order valence-corrected chi connectivity index (χ2v) is 18.2. The lowest BCUT2D eigenvalue weighted by Crippen LogP contribution is -2.44. The van der Waals surface area contributed by atoms with Crippen molar-refractivity contribution in [1.29, 1.82) is 0 Å². The average Bonchev–Trinajstić information content (AvgIpc) is 4.06. The topological polar surface area (TPSA) is 152 Å². The summed E-state index contributed by atoms with van der Waals surface area (Å²) in [7, 11) is 3.17. The Morgan fingerprint density at radius 2 is 1.73 bits per heavy atom. The molecule has 2 amide bonds.